The molecule has 3 atom stereocenters. The molecule has 1 fully saturated rings. The van der Waals surface area contributed by atoms with E-state index in [1.54, 1.807) is 14.2 Å². The molecule has 3 aromatic rings. The number of hydrogen-bond acceptors (Lipinski definition) is 8. The van der Waals surface area contributed by atoms with Crippen LogP contribution in [0, 0.1) is 0 Å². The van der Waals surface area contributed by atoms with Gasteiger partial charge >= 0.3 is 6.09 Å². The summed E-state index contributed by atoms with van der Waals surface area (Å²) >= 11 is 0. The zero-order valence-corrected chi connectivity index (χ0v) is 24.8. The number of carbonyl (C=O) groups excluding carboxylic acids is 1. The zero-order valence-electron chi connectivity index (χ0n) is 24.8. The van der Waals surface area contributed by atoms with Crippen molar-refractivity contribution >= 4 is 6.09 Å². The van der Waals surface area contributed by atoms with Crippen LogP contribution in [-0.4, -0.2) is 56.1 Å². The van der Waals surface area contributed by atoms with E-state index in [0.29, 0.717) is 13.0 Å². The molecule has 0 unspecified atom stereocenters. The maximum Gasteiger partial charge on any atom is 0.407 e. The molecule has 43 heavy (non-hydrogen) atoms. The van der Waals surface area contributed by atoms with Crippen molar-refractivity contribution in [2.24, 2.45) is 0 Å². The summed E-state index contributed by atoms with van der Waals surface area (Å²) in [6.45, 7) is 6.53. The number of nitrogens with zero attached hydrogens (tertiary/aromatic N) is 1. The third-order valence-corrected chi connectivity index (χ3v) is 7.89. The summed E-state index contributed by atoms with van der Waals surface area (Å²) in [4.78, 5) is 14.2. The number of methoxy groups -OCH3 is 2. The number of aliphatic hydroxyl groups excluding tert-OH is 1. The van der Waals surface area contributed by atoms with E-state index in [9.17, 15) is 9.90 Å². The number of ether oxygens (including phenoxy) is 5. The van der Waals surface area contributed by atoms with Crippen molar-refractivity contribution in [2.45, 2.75) is 51.0 Å². The molecule has 1 amide bonds. The maximum absolute atomic E-state index is 11.8. The van der Waals surface area contributed by atoms with Gasteiger partial charge in [0.1, 0.15) is 6.61 Å². The van der Waals surface area contributed by atoms with Crippen LogP contribution >= 0.6 is 0 Å². The highest BCUT2D eigenvalue weighted by atomic mass is 16.7. The number of alkyl carbamates (subject to hydrolysis) is 1. The number of amides is 1. The first-order chi connectivity index (χ1) is 21.0. The van der Waals surface area contributed by atoms with E-state index in [1.807, 2.05) is 48.5 Å². The van der Waals surface area contributed by atoms with Gasteiger partial charge in [0.15, 0.2) is 17.8 Å². The molecular weight excluding hydrogens is 548 g/mol. The maximum atomic E-state index is 11.8. The summed E-state index contributed by atoms with van der Waals surface area (Å²) in [5.41, 5.74) is 6.27. The molecule has 9 nitrogen and oxygen atoms in total. The molecule has 2 N–H and O–H groups in total. The second-order valence-corrected chi connectivity index (χ2v) is 10.8. The summed E-state index contributed by atoms with van der Waals surface area (Å²) in [5.74, 6) is 1.50. The van der Waals surface area contributed by atoms with Crippen LogP contribution in [0.15, 0.2) is 73.3 Å². The molecule has 0 aliphatic carbocycles. The minimum absolute atomic E-state index is 0.000439. The van der Waals surface area contributed by atoms with E-state index in [0.717, 1.165) is 59.8 Å². The Kier molecular flexibility index (Phi) is 10.3. The molecule has 0 spiro atoms. The van der Waals surface area contributed by atoms with Gasteiger partial charge in [-0.25, -0.2) is 4.79 Å². The molecule has 2 aliphatic rings. The fraction of sp³-hybridized carbons (Fsp3) is 0.382. The zero-order chi connectivity index (χ0) is 30.2. The molecule has 0 bridgehead atoms. The second-order valence-electron chi connectivity index (χ2n) is 10.8. The number of hydrogen-bond donors (Lipinski definition) is 2. The van der Waals surface area contributed by atoms with Gasteiger partial charge in [-0.1, -0.05) is 61.2 Å². The smallest absolute Gasteiger partial charge is 0.407 e. The highest BCUT2D eigenvalue weighted by molar-refractivity contribution is 5.67. The minimum Gasteiger partial charge on any atom is -0.493 e. The van der Waals surface area contributed by atoms with Gasteiger partial charge in [-0.2, -0.15) is 0 Å². The average Bonchev–Trinajstić information content (AvgIpc) is 3.05. The molecule has 0 aromatic heterocycles. The van der Waals surface area contributed by atoms with Crippen molar-refractivity contribution in [3.05, 3.63) is 107 Å². The van der Waals surface area contributed by atoms with Crippen LogP contribution in [0.4, 0.5) is 4.79 Å². The van der Waals surface area contributed by atoms with Crippen LogP contribution < -0.4 is 14.8 Å². The molecular formula is C34H40N2O7. The quantitative estimate of drug-likeness (QED) is 0.295. The van der Waals surface area contributed by atoms with Crippen LogP contribution in [0.2, 0.25) is 0 Å². The standard InChI is InChI=1S/C34H40N2O7/c1-4-15-41-34(38)35-19-23-5-11-26(12-6-23)33-42-29(18-30(43-33)25-9-7-24(22-37)8-10-25)21-36-14-13-27-16-31(39-2)32(40-3)17-28(27)20-36/h4-12,16-17,29-30,33,37H,1,13-15,18-22H2,2-3H3,(H,35,38)/t29-,30+,33+/m0/s1. The van der Waals surface area contributed by atoms with Crippen molar-refractivity contribution in [2.75, 3.05) is 33.9 Å². The van der Waals surface area contributed by atoms with Gasteiger partial charge in [0.25, 0.3) is 0 Å². The topological polar surface area (TPSA) is 98.7 Å². The first kappa shape index (κ1) is 30.6. The lowest BCUT2D eigenvalue weighted by Crippen LogP contribution is -2.41. The van der Waals surface area contributed by atoms with Gasteiger partial charge in [0.05, 0.1) is 33.0 Å². The molecule has 5 rings (SSSR count). The largest absolute Gasteiger partial charge is 0.493 e. The average molecular weight is 589 g/mol. The van der Waals surface area contributed by atoms with Crippen LogP contribution in [0.25, 0.3) is 0 Å². The number of carbonyl (C=O) groups is 1. The van der Waals surface area contributed by atoms with E-state index in [4.69, 9.17) is 23.7 Å². The van der Waals surface area contributed by atoms with Gasteiger partial charge in [-0.15, -0.1) is 0 Å². The van der Waals surface area contributed by atoms with Gasteiger partial charge in [-0.05, 0) is 46.4 Å². The van der Waals surface area contributed by atoms with Gasteiger partial charge in [0, 0.05) is 38.2 Å². The summed E-state index contributed by atoms with van der Waals surface area (Å²) in [6, 6.07) is 19.9. The van der Waals surface area contributed by atoms with Gasteiger partial charge in [0.2, 0.25) is 0 Å². The third-order valence-electron chi connectivity index (χ3n) is 7.89. The van der Waals surface area contributed by atoms with Crippen LogP contribution in [0.1, 0.15) is 52.2 Å². The van der Waals surface area contributed by atoms with E-state index >= 15 is 0 Å². The summed E-state index contributed by atoms with van der Waals surface area (Å²) in [7, 11) is 3.33. The van der Waals surface area contributed by atoms with Crippen LogP contribution in [0.3, 0.4) is 0 Å². The first-order valence-corrected chi connectivity index (χ1v) is 14.6. The fourth-order valence-electron chi connectivity index (χ4n) is 5.57. The number of nitrogens with one attached hydrogen (secondary N) is 1. The molecule has 1 saturated heterocycles. The number of fused-ring (bicyclic) bond motifs is 1. The molecule has 228 valence electrons. The Labute approximate surface area is 253 Å². The van der Waals surface area contributed by atoms with Crippen molar-refractivity contribution in [1.82, 2.24) is 10.2 Å². The predicted molar refractivity (Wildman–Crippen MR) is 162 cm³/mol. The van der Waals surface area contributed by atoms with E-state index in [-0.39, 0.29) is 25.4 Å². The number of aliphatic hydroxyl groups is 1. The minimum atomic E-state index is -0.553. The number of rotatable bonds is 11. The Hall–Kier alpha value is -3.89. The Morgan fingerprint density at radius 2 is 1.67 bits per heavy atom. The molecule has 2 aliphatic heterocycles. The Morgan fingerprint density at radius 3 is 2.35 bits per heavy atom. The van der Waals surface area contributed by atoms with E-state index in [2.05, 4.69) is 28.9 Å². The molecule has 0 radical (unpaired) electrons. The van der Waals surface area contributed by atoms with E-state index in [1.165, 1.54) is 17.2 Å². The van der Waals surface area contributed by atoms with Crippen molar-refractivity contribution in [3.63, 3.8) is 0 Å². The van der Waals surface area contributed by atoms with Crippen molar-refractivity contribution < 1.29 is 33.6 Å². The normalized spacial score (nSPS) is 20.1. The molecule has 2 heterocycles. The Bertz CT molecular complexity index is 1380. The van der Waals surface area contributed by atoms with Gasteiger partial charge in [-0.3, -0.25) is 4.90 Å². The fourth-order valence-corrected chi connectivity index (χ4v) is 5.57. The molecule has 3 aromatic carbocycles. The SMILES string of the molecule is C=CCOC(=O)NCc1ccc([C@@H]2O[C@H](CN3CCc4cc(OC)c(OC)cc4C3)C[C@H](c3ccc(CO)cc3)O2)cc1. The summed E-state index contributed by atoms with van der Waals surface area (Å²) < 4.78 is 29.1. The van der Waals surface area contributed by atoms with Crippen LogP contribution in [-0.2, 0) is 40.3 Å². The van der Waals surface area contributed by atoms with Gasteiger partial charge < -0.3 is 34.1 Å². The van der Waals surface area contributed by atoms with E-state index < -0.39 is 12.4 Å². The first-order valence-electron chi connectivity index (χ1n) is 14.6. The highest BCUT2D eigenvalue weighted by Gasteiger charge is 2.34. The Balaban J connectivity index is 1.30. The highest BCUT2D eigenvalue weighted by Crippen LogP contribution is 2.39. The summed E-state index contributed by atoms with van der Waals surface area (Å²) in [6.07, 6.45) is 1.88. The number of benzene rings is 3. The second kappa shape index (κ2) is 14.5. The van der Waals surface area contributed by atoms with Crippen molar-refractivity contribution in [1.29, 1.82) is 0 Å². The molecule has 9 heteroatoms. The lowest BCUT2D eigenvalue weighted by Gasteiger charge is -2.39. The predicted octanol–water partition coefficient (Wildman–Crippen LogP) is 5.21. The molecule has 0 saturated carbocycles. The van der Waals surface area contributed by atoms with Crippen molar-refractivity contribution in [3.8, 4) is 11.5 Å². The summed E-state index contributed by atoms with van der Waals surface area (Å²) in [5, 5.41) is 12.2. The monoisotopic (exact) mass is 588 g/mol. The third kappa shape index (κ3) is 7.74. The lowest BCUT2D eigenvalue weighted by atomic mass is 9.97. The lowest BCUT2D eigenvalue weighted by molar-refractivity contribution is -0.253. The Morgan fingerprint density at radius 1 is 1.00 bits per heavy atom. The van der Waals surface area contributed by atoms with Crippen LogP contribution in [0.5, 0.6) is 11.5 Å².